The number of hydrogen-bond acceptors (Lipinski definition) is 3. The van der Waals surface area contributed by atoms with E-state index in [2.05, 4.69) is 10.2 Å². The Morgan fingerprint density at radius 3 is 2.22 bits per heavy atom. The van der Waals surface area contributed by atoms with Gasteiger partial charge in [0, 0.05) is 38.6 Å². The number of benzene rings is 1. The van der Waals surface area contributed by atoms with Gasteiger partial charge in [0.1, 0.15) is 0 Å². The highest BCUT2D eigenvalue weighted by molar-refractivity contribution is 5.81. The molecule has 1 saturated heterocycles. The molecule has 1 aromatic carbocycles. The van der Waals surface area contributed by atoms with Crippen molar-refractivity contribution in [2.45, 2.75) is 33.4 Å². The second-order valence-corrected chi connectivity index (χ2v) is 6.40. The van der Waals surface area contributed by atoms with Crippen molar-refractivity contribution in [1.82, 2.24) is 15.1 Å². The zero-order valence-corrected chi connectivity index (χ0v) is 14.3. The number of piperazine rings is 1. The first-order valence-electron chi connectivity index (χ1n) is 8.33. The van der Waals surface area contributed by atoms with Crippen LogP contribution in [0, 0.1) is 5.92 Å². The van der Waals surface area contributed by atoms with Gasteiger partial charge in [0.25, 0.3) is 0 Å². The summed E-state index contributed by atoms with van der Waals surface area (Å²) >= 11 is 0. The number of hydrogen-bond donors (Lipinski definition) is 1. The summed E-state index contributed by atoms with van der Waals surface area (Å²) in [5, 5.41) is 2.99. The summed E-state index contributed by atoms with van der Waals surface area (Å²) in [4.78, 5) is 28.3. The van der Waals surface area contributed by atoms with Gasteiger partial charge >= 0.3 is 0 Å². The van der Waals surface area contributed by atoms with Gasteiger partial charge in [0.05, 0.1) is 6.04 Å². The van der Waals surface area contributed by atoms with Crippen LogP contribution in [-0.2, 0) is 16.1 Å². The summed E-state index contributed by atoms with van der Waals surface area (Å²) in [5.74, 6) is 0.275. The van der Waals surface area contributed by atoms with Crippen LogP contribution >= 0.6 is 0 Å². The fourth-order valence-corrected chi connectivity index (χ4v) is 2.79. The molecule has 0 aliphatic carbocycles. The van der Waals surface area contributed by atoms with E-state index in [1.54, 1.807) is 0 Å². The highest BCUT2D eigenvalue weighted by Crippen LogP contribution is 2.10. The normalized spacial score (nSPS) is 17.1. The van der Waals surface area contributed by atoms with Gasteiger partial charge in [-0.25, -0.2) is 0 Å². The Hall–Kier alpha value is -1.88. The molecular formula is C18H27N3O2. The molecule has 1 aromatic rings. The number of nitrogens with one attached hydrogen (secondary N) is 1. The van der Waals surface area contributed by atoms with Crippen LogP contribution in [-0.4, -0.2) is 53.8 Å². The van der Waals surface area contributed by atoms with Crippen molar-refractivity contribution in [3.05, 3.63) is 35.9 Å². The smallest absolute Gasteiger partial charge is 0.237 e. The van der Waals surface area contributed by atoms with E-state index in [0.717, 1.165) is 18.7 Å². The summed E-state index contributed by atoms with van der Waals surface area (Å²) in [6.45, 7) is 9.23. The standard InChI is InChI=1S/C18H27N3O2/c1-14(2)18(23)21-11-9-20(10-12-21)15(3)17(22)19-13-16-7-5-4-6-8-16/h4-8,14-15H,9-13H2,1-3H3,(H,19,22). The van der Waals surface area contributed by atoms with Crippen LogP contribution in [0.1, 0.15) is 26.3 Å². The maximum Gasteiger partial charge on any atom is 0.237 e. The van der Waals surface area contributed by atoms with Crippen molar-refractivity contribution in [3.8, 4) is 0 Å². The molecule has 0 saturated carbocycles. The van der Waals surface area contributed by atoms with Crippen molar-refractivity contribution in [2.75, 3.05) is 26.2 Å². The van der Waals surface area contributed by atoms with E-state index in [9.17, 15) is 9.59 Å². The third-order valence-electron chi connectivity index (χ3n) is 4.36. The molecule has 0 radical (unpaired) electrons. The SMILES string of the molecule is CC(C)C(=O)N1CCN(C(C)C(=O)NCc2ccccc2)CC1. The molecule has 23 heavy (non-hydrogen) atoms. The number of nitrogens with zero attached hydrogens (tertiary/aromatic N) is 2. The molecule has 0 spiro atoms. The Morgan fingerprint density at radius 2 is 1.65 bits per heavy atom. The van der Waals surface area contributed by atoms with E-state index < -0.39 is 0 Å². The molecule has 0 bridgehead atoms. The summed E-state index contributed by atoms with van der Waals surface area (Å²) in [5.41, 5.74) is 1.10. The molecule has 1 N–H and O–H groups in total. The molecular weight excluding hydrogens is 290 g/mol. The van der Waals surface area contributed by atoms with Crippen LogP contribution < -0.4 is 5.32 Å². The summed E-state index contributed by atoms with van der Waals surface area (Å²) in [6.07, 6.45) is 0. The van der Waals surface area contributed by atoms with Crippen molar-refractivity contribution in [2.24, 2.45) is 5.92 Å². The van der Waals surface area contributed by atoms with Gasteiger partial charge in [-0.05, 0) is 12.5 Å². The highest BCUT2D eigenvalue weighted by Gasteiger charge is 2.27. The first kappa shape index (κ1) is 17.5. The molecule has 1 unspecified atom stereocenters. The zero-order chi connectivity index (χ0) is 16.8. The lowest BCUT2D eigenvalue weighted by molar-refractivity contribution is -0.137. The monoisotopic (exact) mass is 317 g/mol. The quantitative estimate of drug-likeness (QED) is 0.895. The summed E-state index contributed by atoms with van der Waals surface area (Å²) in [7, 11) is 0. The molecule has 1 atom stereocenters. The molecule has 126 valence electrons. The third-order valence-corrected chi connectivity index (χ3v) is 4.36. The second kappa shape index (κ2) is 8.11. The van der Waals surface area contributed by atoms with Crippen molar-refractivity contribution in [1.29, 1.82) is 0 Å². The fraction of sp³-hybridized carbons (Fsp3) is 0.556. The Balaban J connectivity index is 1.79. The molecule has 1 fully saturated rings. The van der Waals surface area contributed by atoms with Gasteiger partial charge in [-0.3, -0.25) is 14.5 Å². The van der Waals surface area contributed by atoms with Crippen LogP contribution in [0.4, 0.5) is 0 Å². The molecule has 5 nitrogen and oxygen atoms in total. The Labute approximate surface area is 138 Å². The molecule has 1 heterocycles. The number of carbonyl (C=O) groups is 2. The topological polar surface area (TPSA) is 52.7 Å². The van der Waals surface area contributed by atoms with E-state index in [1.807, 2.05) is 56.0 Å². The van der Waals surface area contributed by atoms with Crippen molar-refractivity contribution in [3.63, 3.8) is 0 Å². The Morgan fingerprint density at radius 1 is 1.04 bits per heavy atom. The minimum absolute atomic E-state index is 0.0353. The number of rotatable bonds is 5. The van der Waals surface area contributed by atoms with E-state index in [4.69, 9.17) is 0 Å². The molecule has 1 aliphatic rings. The minimum atomic E-state index is -0.171. The first-order chi connectivity index (χ1) is 11.0. The van der Waals surface area contributed by atoms with Gasteiger partial charge in [-0.1, -0.05) is 44.2 Å². The second-order valence-electron chi connectivity index (χ2n) is 6.40. The average molecular weight is 317 g/mol. The van der Waals surface area contributed by atoms with Crippen molar-refractivity contribution < 1.29 is 9.59 Å². The van der Waals surface area contributed by atoms with Gasteiger partial charge in [-0.2, -0.15) is 0 Å². The van der Waals surface area contributed by atoms with Crippen LogP contribution in [0.5, 0.6) is 0 Å². The lowest BCUT2D eigenvalue weighted by Gasteiger charge is -2.38. The van der Waals surface area contributed by atoms with Gasteiger partial charge in [-0.15, -0.1) is 0 Å². The van der Waals surface area contributed by atoms with Gasteiger partial charge in [0.2, 0.25) is 11.8 Å². The van der Waals surface area contributed by atoms with Crippen molar-refractivity contribution >= 4 is 11.8 Å². The number of carbonyl (C=O) groups excluding carboxylic acids is 2. The lowest BCUT2D eigenvalue weighted by atomic mass is 10.1. The van der Waals surface area contributed by atoms with Crippen LogP contribution in [0.25, 0.3) is 0 Å². The molecule has 0 aromatic heterocycles. The maximum atomic E-state index is 12.3. The average Bonchev–Trinajstić information content (AvgIpc) is 2.59. The third kappa shape index (κ3) is 4.79. The van der Waals surface area contributed by atoms with Crippen LogP contribution in [0.3, 0.4) is 0 Å². The van der Waals surface area contributed by atoms with E-state index >= 15 is 0 Å². The Bertz CT molecular complexity index is 522. The predicted molar refractivity (Wildman–Crippen MR) is 90.7 cm³/mol. The lowest BCUT2D eigenvalue weighted by Crippen LogP contribution is -2.55. The van der Waals surface area contributed by atoms with Crippen LogP contribution in [0.2, 0.25) is 0 Å². The molecule has 2 rings (SSSR count). The van der Waals surface area contributed by atoms with Gasteiger partial charge in [0.15, 0.2) is 0 Å². The molecule has 1 aliphatic heterocycles. The zero-order valence-electron chi connectivity index (χ0n) is 14.3. The Kier molecular flexibility index (Phi) is 6.16. The van der Waals surface area contributed by atoms with E-state index in [0.29, 0.717) is 19.6 Å². The van der Waals surface area contributed by atoms with E-state index in [-0.39, 0.29) is 23.8 Å². The molecule has 2 amide bonds. The summed E-state index contributed by atoms with van der Waals surface area (Å²) in [6, 6.07) is 9.73. The summed E-state index contributed by atoms with van der Waals surface area (Å²) < 4.78 is 0. The number of amides is 2. The maximum absolute atomic E-state index is 12.3. The largest absolute Gasteiger partial charge is 0.351 e. The highest BCUT2D eigenvalue weighted by atomic mass is 16.2. The fourth-order valence-electron chi connectivity index (χ4n) is 2.79. The van der Waals surface area contributed by atoms with Gasteiger partial charge < -0.3 is 10.2 Å². The first-order valence-corrected chi connectivity index (χ1v) is 8.33. The van der Waals surface area contributed by atoms with Crippen LogP contribution in [0.15, 0.2) is 30.3 Å². The minimum Gasteiger partial charge on any atom is -0.351 e. The van der Waals surface area contributed by atoms with E-state index in [1.165, 1.54) is 0 Å². The molecule has 5 heteroatoms. The predicted octanol–water partition coefficient (Wildman–Crippen LogP) is 1.49.